The maximum Gasteiger partial charge on any atom is 0.129 e. The molecule has 3 rings (SSSR count). The maximum atomic E-state index is 5.93. The Balaban J connectivity index is 2.08. The lowest BCUT2D eigenvalue weighted by molar-refractivity contribution is 0.513. The quantitative estimate of drug-likeness (QED) is 0.723. The topological polar surface area (TPSA) is 16.1 Å². The molecular formula is C15H13ClN2. The zero-order valence-electron chi connectivity index (χ0n) is 10.1. The third-order valence-corrected chi connectivity index (χ3v) is 3.32. The van der Waals surface area contributed by atoms with Gasteiger partial charge in [-0.15, -0.1) is 0 Å². The molecule has 0 unspecified atom stereocenters. The van der Waals surface area contributed by atoms with Crippen LogP contribution in [-0.2, 0) is 0 Å². The van der Waals surface area contributed by atoms with Gasteiger partial charge in [0, 0.05) is 25.2 Å². The lowest BCUT2D eigenvalue weighted by Gasteiger charge is -2.20. The van der Waals surface area contributed by atoms with Crippen LogP contribution in [-0.4, -0.2) is 23.5 Å². The molecule has 0 aliphatic carbocycles. The highest BCUT2D eigenvalue weighted by Gasteiger charge is 2.07. The number of allylic oxidation sites excluding steroid dienone is 2. The molecule has 0 amide bonds. The van der Waals surface area contributed by atoms with Crippen molar-refractivity contribution in [2.75, 3.05) is 13.6 Å². The van der Waals surface area contributed by atoms with E-state index in [-0.39, 0.29) is 0 Å². The van der Waals surface area contributed by atoms with Gasteiger partial charge in [0.15, 0.2) is 0 Å². The van der Waals surface area contributed by atoms with E-state index in [0.717, 1.165) is 17.3 Å². The van der Waals surface area contributed by atoms with Gasteiger partial charge in [-0.3, -0.25) is 0 Å². The van der Waals surface area contributed by atoms with Gasteiger partial charge >= 0.3 is 0 Å². The fourth-order valence-corrected chi connectivity index (χ4v) is 2.35. The summed E-state index contributed by atoms with van der Waals surface area (Å²) in [4.78, 5) is 6.26. The molecule has 1 aromatic heterocycles. The molecule has 0 N–H and O–H groups in total. The molecule has 2 aromatic rings. The molecule has 18 heavy (non-hydrogen) atoms. The van der Waals surface area contributed by atoms with E-state index in [1.807, 2.05) is 12.3 Å². The molecule has 0 saturated carbocycles. The Morgan fingerprint density at radius 3 is 2.94 bits per heavy atom. The first-order chi connectivity index (χ1) is 8.72. The number of hydrogen-bond acceptors (Lipinski definition) is 2. The van der Waals surface area contributed by atoms with Crippen molar-refractivity contribution in [3.05, 3.63) is 59.5 Å². The van der Waals surface area contributed by atoms with Gasteiger partial charge in [0.1, 0.15) is 5.15 Å². The molecule has 0 fully saturated rings. The van der Waals surface area contributed by atoms with E-state index in [1.165, 1.54) is 11.1 Å². The summed E-state index contributed by atoms with van der Waals surface area (Å²) in [5, 5.41) is 2.78. The summed E-state index contributed by atoms with van der Waals surface area (Å²) in [6, 6.07) is 8.30. The minimum Gasteiger partial charge on any atom is -0.376 e. The Morgan fingerprint density at radius 2 is 2.11 bits per heavy atom. The summed E-state index contributed by atoms with van der Waals surface area (Å²) in [5.41, 5.74) is 2.55. The van der Waals surface area contributed by atoms with Gasteiger partial charge in [0.05, 0.1) is 0 Å². The van der Waals surface area contributed by atoms with Crippen LogP contribution in [0.3, 0.4) is 0 Å². The third kappa shape index (κ3) is 2.12. The smallest absolute Gasteiger partial charge is 0.129 e. The molecule has 2 nitrogen and oxygen atoms in total. The lowest BCUT2D eigenvalue weighted by atomic mass is 10.0. The summed E-state index contributed by atoms with van der Waals surface area (Å²) < 4.78 is 0. The Kier molecular flexibility index (Phi) is 2.80. The molecule has 2 heterocycles. The highest BCUT2D eigenvalue weighted by atomic mass is 35.5. The molecular weight excluding hydrogens is 244 g/mol. The molecule has 1 aliphatic rings. The largest absolute Gasteiger partial charge is 0.376 e. The maximum absolute atomic E-state index is 5.93. The molecule has 3 heteroatoms. The Morgan fingerprint density at radius 1 is 1.22 bits per heavy atom. The first kappa shape index (κ1) is 11.3. The molecule has 0 atom stereocenters. The van der Waals surface area contributed by atoms with Crippen LogP contribution in [0.1, 0.15) is 5.56 Å². The van der Waals surface area contributed by atoms with Crippen molar-refractivity contribution in [3.8, 4) is 0 Å². The number of pyridine rings is 1. The van der Waals surface area contributed by atoms with Crippen molar-refractivity contribution < 1.29 is 0 Å². The van der Waals surface area contributed by atoms with Crippen molar-refractivity contribution in [1.29, 1.82) is 0 Å². The van der Waals surface area contributed by atoms with E-state index in [1.54, 1.807) is 0 Å². The van der Waals surface area contributed by atoms with Crippen molar-refractivity contribution in [2.45, 2.75) is 0 Å². The summed E-state index contributed by atoms with van der Waals surface area (Å²) in [5.74, 6) is 0. The fraction of sp³-hybridized carbons (Fsp3) is 0.133. The van der Waals surface area contributed by atoms with Gasteiger partial charge in [-0.2, -0.15) is 0 Å². The van der Waals surface area contributed by atoms with Gasteiger partial charge < -0.3 is 4.90 Å². The number of benzene rings is 1. The first-order valence-electron chi connectivity index (χ1n) is 5.86. The minimum atomic E-state index is 0.536. The average molecular weight is 257 g/mol. The van der Waals surface area contributed by atoms with Crippen LogP contribution in [0.4, 0.5) is 0 Å². The summed E-state index contributed by atoms with van der Waals surface area (Å²) in [6.07, 6.45) is 8.11. The lowest BCUT2D eigenvalue weighted by Crippen LogP contribution is -2.15. The number of hydrogen-bond donors (Lipinski definition) is 0. The predicted molar refractivity (Wildman–Crippen MR) is 76.5 cm³/mol. The van der Waals surface area contributed by atoms with E-state index in [2.05, 4.69) is 53.5 Å². The zero-order chi connectivity index (χ0) is 12.5. The van der Waals surface area contributed by atoms with Gasteiger partial charge in [0.25, 0.3) is 0 Å². The Labute approximate surface area is 111 Å². The van der Waals surface area contributed by atoms with Crippen molar-refractivity contribution >= 4 is 27.9 Å². The van der Waals surface area contributed by atoms with E-state index < -0.39 is 0 Å². The normalized spacial score (nSPS) is 15.0. The molecule has 0 spiro atoms. The molecule has 0 saturated heterocycles. The average Bonchev–Trinajstić information content (AvgIpc) is 2.38. The number of rotatable bonds is 1. The number of aromatic nitrogens is 1. The van der Waals surface area contributed by atoms with Crippen LogP contribution in [0.2, 0.25) is 5.15 Å². The first-order valence-corrected chi connectivity index (χ1v) is 6.23. The molecule has 1 aliphatic heterocycles. The molecule has 90 valence electrons. The number of fused-ring (bicyclic) bond motifs is 1. The monoisotopic (exact) mass is 256 g/mol. The van der Waals surface area contributed by atoms with Gasteiger partial charge in [-0.25, -0.2) is 4.98 Å². The molecule has 0 bridgehead atoms. The summed E-state index contributed by atoms with van der Waals surface area (Å²) in [7, 11) is 2.07. The Bertz CT molecular complexity index is 659. The van der Waals surface area contributed by atoms with Crippen LogP contribution in [0.15, 0.2) is 48.8 Å². The number of likely N-dealkylation sites (N-methyl/N-ethyl adjacent to an activating group) is 1. The van der Waals surface area contributed by atoms with E-state index in [0.29, 0.717) is 5.15 Å². The van der Waals surface area contributed by atoms with Crippen LogP contribution >= 0.6 is 11.6 Å². The van der Waals surface area contributed by atoms with Gasteiger partial charge in [0.2, 0.25) is 0 Å². The highest BCUT2D eigenvalue weighted by molar-refractivity contribution is 6.30. The highest BCUT2D eigenvalue weighted by Crippen LogP contribution is 2.24. The van der Waals surface area contributed by atoms with Gasteiger partial charge in [-0.05, 0) is 40.9 Å². The number of halogens is 1. The van der Waals surface area contributed by atoms with E-state index >= 15 is 0 Å². The Hall–Kier alpha value is -1.80. The fourth-order valence-electron chi connectivity index (χ4n) is 2.18. The van der Waals surface area contributed by atoms with Crippen molar-refractivity contribution in [1.82, 2.24) is 9.88 Å². The zero-order valence-corrected chi connectivity index (χ0v) is 10.9. The second-order valence-corrected chi connectivity index (χ2v) is 4.90. The SMILES string of the molecule is CN1C=CC=C(c2ccc3cnc(Cl)cc3c2)C1. The second kappa shape index (κ2) is 4.46. The summed E-state index contributed by atoms with van der Waals surface area (Å²) >= 11 is 5.93. The molecule has 0 radical (unpaired) electrons. The second-order valence-electron chi connectivity index (χ2n) is 4.52. The number of nitrogens with zero attached hydrogens (tertiary/aromatic N) is 2. The van der Waals surface area contributed by atoms with Crippen molar-refractivity contribution in [2.24, 2.45) is 0 Å². The van der Waals surface area contributed by atoms with Crippen LogP contribution in [0, 0.1) is 0 Å². The van der Waals surface area contributed by atoms with Crippen LogP contribution in [0.5, 0.6) is 0 Å². The standard InChI is InChI=1S/C15H13ClN2/c1-18-6-2-3-13(10-18)11-4-5-12-9-17-15(16)8-14(12)7-11/h2-9H,10H2,1H3. The predicted octanol–water partition coefficient (Wildman–Crippen LogP) is 3.73. The van der Waals surface area contributed by atoms with E-state index in [4.69, 9.17) is 11.6 Å². The van der Waals surface area contributed by atoms with Gasteiger partial charge in [-0.1, -0.05) is 29.8 Å². The summed E-state index contributed by atoms with van der Waals surface area (Å²) in [6.45, 7) is 0.931. The van der Waals surface area contributed by atoms with Crippen molar-refractivity contribution in [3.63, 3.8) is 0 Å². The van der Waals surface area contributed by atoms with Crippen LogP contribution < -0.4 is 0 Å². The molecule has 1 aromatic carbocycles. The third-order valence-electron chi connectivity index (χ3n) is 3.12. The minimum absolute atomic E-state index is 0.536. The van der Waals surface area contributed by atoms with E-state index in [9.17, 15) is 0 Å². The van der Waals surface area contributed by atoms with Crippen LogP contribution in [0.25, 0.3) is 16.3 Å².